The van der Waals surface area contributed by atoms with E-state index in [-0.39, 0.29) is 7.92 Å². The van der Waals surface area contributed by atoms with E-state index in [0.29, 0.717) is 22.8 Å². The number of nitrogens with one attached hydrogen (secondary N) is 2. The number of nitrogens with zero attached hydrogens (tertiary/aromatic N) is 5. The Morgan fingerprint density at radius 2 is 1.71 bits per heavy atom. The molecule has 2 aromatic carbocycles. The van der Waals surface area contributed by atoms with E-state index in [1.807, 2.05) is 0 Å². The van der Waals surface area contributed by atoms with Gasteiger partial charge in [-0.2, -0.15) is 4.98 Å². The lowest BCUT2D eigenvalue weighted by Gasteiger charge is -2.42. The first-order valence-corrected chi connectivity index (χ1v) is 17.7. The Bertz CT molecular complexity index is 1400. The molecule has 0 radical (unpaired) electrons. The van der Waals surface area contributed by atoms with Crippen LogP contribution in [0, 0.1) is 0 Å². The van der Waals surface area contributed by atoms with Gasteiger partial charge in [0, 0.05) is 68.1 Å². The van der Waals surface area contributed by atoms with E-state index >= 15 is 0 Å². The van der Waals surface area contributed by atoms with Crippen molar-refractivity contribution in [3.63, 3.8) is 0 Å². The van der Waals surface area contributed by atoms with Crippen molar-refractivity contribution in [1.29, 1.82) is 0 Å². The van der Waals surface area contributed by atoms with Crippen LogP contribution in [0.15, 0.2) is 36.5 Å². The maximum absolute atomic E-state index is 6.58. The molecule has 2 aliphatic heterocycles. The van der Waals surface area contributed by atoms with E-state index in [9.17, 15) is 0 Å². The van der Waals surface area contributed by atoms with Crippen LogP contribution in [0.25, 0.3) is 0 Å². The summed E-state index contributed by atoms with van der Waals surface area (Å²) >= 11 is 6.58. The number of anilines is 5. The lowest BCUT2D eigenvalue weighted by Crippen LogP contribution is -2.52. The van der Waals surface area contributed by atoms with Crippen molar-refractivity contribution in [2.24, 2.45) is 0 Å². The van der Waals surface area contributed by atoms with E-state index in [1.165, 1.54) is 74.0 Å². The van der Waals surface area contributed by atoms with Gasteiger partial charge in [0.2, 0.25) is 5.95 Å². The Morgan fingerprint density at radius 3 is 2.45 bits per heavy atom. The highest BCUT2D eigenvalue weighted by atomic mass is 35.5. The van der Waals surface area contributed by atoms with Crippen molar-refractivity contribution in [2.75, 3.05) is 82.3 Å². The molecular weight excluding hydrogens is 565 g/mol. The van der Waals surface area contributed by atoms with Crippen molar-refractivity contribution < 1.29 is 4.74 Å². The van der Waals surface area contributed by atoms with Crippen LogP contribution in [0.5, 0.6) is 5.75 Å². The number of ether oxygens (including phenoxy) is 1. The molecule has 3 aromatic rings. The molecule has 0 atom stereocenters. The summed E-state index contributed by atoms with van der Waals surface area (Å²) in [6, 6.07) is 11.5. The zero-order valence-corrected chi connectivity index (χ0v) is 26.9. The molecule has 6 rings (SSSR count). The monoisotopic (exact) mass is 607 g/mol. The number of halogens is 1. The van der Waals surface area contributed by atoms with Crippen LogP contribution in [0.3, 0.4) is 0 Å². The Morgan fingerprint density at radius 1 is 0.952 bits per heavy atom. The molecule has 2 saturated heterocycles. The SMILES string of the molecule is COc1cc(N2CCC(N3CCN(C)CC3)CC2)ccc1Nc1ncc(Cl)c(Nc2ccc3c(c2P(C)C)CCC3)n1. The summed E-state index contributed by atoms with van der Waals surface area (Å²) < 4.78 is 5.81. The molecule has 2 fully saturated rings. The number of aromatic nitrogens is 2. The van der Waals surface area contributed by atoms with Gasteiger partial charge in [0.1, 0.15) is 10.8 Å². The Hall–Kier alpha value is -2.64. The minimum atomic E-state index is -0.285. The van der Waals surface area contributed by atoms with Crippen LogP contribution >= 0.6 is 19.5 Å². The molecule has 3 heterocycles. The van der Waals surface area contributed by atoms with Gasteiger partial charge < -0.3 is 25.2 Å². The Kier molecular flexibility index (Phi) is 9.06. The van der Waals surface area contributed by atoms with Crippen LogP contribution in [-0.2, 0) is 12.8 Å². The topological polar surface area (TPSA) is 68.8 Å². The zero-order valence-electron chi connectivity index (χ0n) is 25.3. The number of benzene rings is 2. The number of likely N-dealkylation sites (N-methyl/N-ethyl adjacent to an activating group) is 1. The van der Waals surface area contributed by atoms with Crippen LogP contribution in [0.4, 0.5) is 28.8 Å². The average Bonchev–Trinajstić information content (AvgIpc) is 3.48. The maximum Gasteiger partial charge on any atom is 0.229 e. The van der Waals surface area contributed by atoms with Crippen LogP contribution in [0.2, 0.25) is 5.02 Å². The van der Waals surface area contributed by atoms with E-state index in [0.717, 1.165) is 36.6 Å². The molecule has 0 unspecified atom stereocenters. The van der Waals surface area contributed by atoms with Gasteiger partial charge in [-0.1, -0.05) is 25.6 Å². The summed E-state index contributed by atoms with van der Waals surface area (Å²) in [4.78, 5) is 16.8. The molecule has 1 aliphatic carbocycles. The molecule has 0 saturated carbocycles. The number of aryl methyl sites for hydroxylation is 1. The van der Waals surface area contributed by atoms with E-state index in [2.05, 4.69) is 81.0 Å². The number of piperidine rings is 1. The van der Waals surface area contributed by atoms with Crippen molar-refractivity contribution in [3.8, 4) is 5.75 Å². The third-order valence-corrected chi connectivity index (χ3v) is 10.7. The number of piperazine rings is 1. The fourth-order valence-corrected chi connectivity index (χ4v) is 8.22. The van der Waals surface area contributed by atoms with Gasteiger partial charge in [0.05, 0.1) is 19.0 Å². The lowest BCUT2D eigenvalue weighted by molar-refractivity contribution is 0.0982. The first-order chi connectivity index (χ1) is 20.4. The van der Waals surface area contributed by atoms with Gasteiger partial charge in [-0.25, -0.2) is 4.98 Å². The normalized spacial score (nSPS) is 18.4. The molecule has 2 N–H and O–H groups in total. The van der Waals surface area contributed by atoms with Gasteiger partial charge in [-0.15, -0.1) is 0 Å². The number of rotatable bonds is 8. The number of methoxy groups -OCH3 is 1. The summed E-state index contributed by atoms with van der Waals surface area (Å²) in [5.74, 6) is 1.84. The highest BCUT2D eigenvalue weighted by Crippen LogP contribution is 2.38. The van der Waals surface area contributed by atoms with Crippen molar-refractivity contribution in [2.45, 2.75) is 38.1 Å². The number of fused-ring (bicyclic) bond motifs is 1. The summed E-state index contributed by atoms with van der Waals surface area (Å²) in [5.41, 5.74) is 6.10. The van der Waals surface area contributed by atoms with Crippen LogP contribution in [0.1, 0.15) is 30.4 Å². The number of hydrogen-bond donors (Lipinski definition) is 2. The predicted octanol–water partition coefficient (Wildman–Crippen LogP) is 5.70. The number of hydrogen-bond acceptors (Lipinski definition) is 8. The first-order valence-electron chi connectivity index (χ1n) is 15.1. The molecule has 0 spiro atoms. The molecule has 0 bridgehead atoms. The highest BCUT2D eigenvalue weighted by Gasteiger charge is 2.27. The average molecular weight is 608 g/mol. The van der Waals surface area contributed by atoms with Crippen molar-refractivity contribution >= 4 is 53.7 Å². The third-order valence-electron chi connectivity index (χ3n) is 9.01. The summed E-state index contributed by atoms with van der Waals surface area (Å²) in [5, 5.41) is 8.82. The molecular formula is C32H43ClN7OP. The lowest BCUT2D eigenvalue weighted by atomic mass is 10.0. The van der Waals surface area contributed by atoms with Gasteiger partial charge in [-0.05, 0) is 81.8 Å². The van der Waals surface area contributed by atoms with Crippen molar-refractivity contribution in [1.82, 2.24) is 19.8 Å². The summed E-state index contributed by atoms with van der Waals surface area (Å²) in [6.45, 7) is 11.5. The molecule has 224 valence electrons. The quantitative estimate of drug-likeness (QED) is 0.316. The Balaban J connectivity index is 1.15. The predicted molar refractivity (Wildman–Crippen MR) is 178 cm³/mol. The molecule has 42 heavy (non-hydrogen) atoms. The second-order valence-electron chi connectivity index (χ2n) is 11.9. The fourth-order valence-electron chi connectivity index (χ4n) is 6.68. The van der Waals surface area contributed by atoms with Gasteiger partial charge in [0.15, 0.2) is 5.82 Å². The molecule has 1 aromatic heterocycles. The standard InChI is InChI=1S/C32H43ClN7OP/c1-38-16-18-40(19-17-38)23-12-14-39(15-13-23)24-9-11-27(29(20-24)41-2)36-32-34-21-26(33)31(37-32)35-28-10-8-22-6-5-7-25(22)30(28)42(3)4/h8-11,20-21,23H,5-7,12-19H2,1-4H3,(H2,34,35,36,37). The van der Waals surface area contributed by atoms with Crippen LogP contribution < -0.4 is 25.6 Å². The fraction of sp³-hybridized carbons (Fsp3) is 0.500. The second kappa shape index (κ2) is 12.9. The minimum absolute atomic E-state index is 0.285. The Labute approximate surface area is 256 Å². The van der Waals surface area contributed by atoms with E-state index < -0.39 is 0 Å². The summed E-state index contributed by atoms with van der Waals surface area (Å²) in [6.07, 6.45) is 7.60. The molecule has 0 amide bonds. The minimum Gasteiger partial charge on any atom is -0.494 e. The second-order valence-corrected chi connectivity index (χ2v) is 14.6. The first kappa shape index (κ1) is 29.4. The molecule has 3 aliphatic rings. The molecule has 10 heteroatoms. The smallest absolute Gasteiger partial charge is 0.229 e. The van der Waals surface area contributed by atoms with Gasteiger partial charge >= 0.3 is 0 Å². The maximum atomic E-state index is 6.58. The van der Waals surface area contributed by atoms with E-state index in [1.54, 1.807) is 13.3 Å². The summed E-state index contributed by atoms with van der Waals surface area (Å²) in [7, 11) is 3.65. The third kappa shape index (κ3) is 6.33. The largest absolute Gasteiger partial charge is 0.494 e. The van der Waals surface area contributed by atoms with Crippen LogP contribution in [-0.4, -0.2) is 92.6 Å². The zero-order chi connectivity index (χ0) is 29.2. The molecule has 8 nitrogen and oxygen atoms in total. The van der Waals surface area contributed by atoms with Crippen molar-refractivity contribution in [3.05, 3.63) is 52.7 Å². The van der Waals surface area contributed by atoms with Gasteiger partial charge in [-0.3, -0.25) is 4.90 Å². The van der Waals surface area contributed by atoms with Gasteiger partial charge in [0.25, 0.3) is 0 Å². The highest BCUT2D eigenvalue weighted by molar-refractivity contribution is 7.64. The van der Waals surface area contributed by atoms with E-state index in [4.69, 9.17) is 21.3 Å².